The van der Waals surface area contributed by atoms with Crippen LogP contribution in [0.3, 0.4) is 0 Å². The van der Waals surface area contributed by atoms with Crippen molar-refractivity contribution in [2.45, 2.75) is 0 Å². The minimum Gasteiger partial charge on any atom is -0.395 e. The Balaban J connectivity index is 2.01. The average molecular weight is 289 g/mol. The largest absolute Gasteiger partial charge is 0.395 e. The lowest BCUT2D eigenvalue weighted by Crippen LogP contribution is -2.40. The molecule has 2 rings (SSSR count). The Morgan fingerprint density at radius 2 is 2.12 bits per heavy atom. The maximum Gasteiger partial charge on any atom is 0.0642 e. The van der Waals surface area contributed by atoms with Crippen molar-refractivity contribution in [1.82, 2.24) is 9.80 Å². The molecule has 0 unspecified atom stereocenters. The van der Waals surface area contributed by atoms with Crippen LogP contribution in [0.25, 0.3) is 0 Å². The summed E-state index contributed by atoms with van der Waals surface area (Å²) in [6, 6.07) is 0. The lowest BCUT2D eigenvalue weighted by molar-refractivity contribution is 0.0501. The molecular weight excluding hydrogens is 272 g/mol. The van der Waals surface area contributed by atoms with Crippen molar-refractivity contribution in [2.75, 3.05) is 46.0 Å². The molecule has 0 aromatic carbocycles. The van der Waals surface area contributed by atoms with Crippen molar-refractivity contribution >= 4 is 15.9 Å². The summed E-state index contributed by atoms with van der Waals surface area (Å²) >= 11 is 3.51. The molecule has 2 aliphatic rings. The Bertz CT molecular complexity index is 298. The molecule has 0 bridgehead atoms. The predicted molar refractivity (Wildman–Crippen MR) is 66.1 cm³/mol. The molecule has 1 saturated heterocycles. The Morgan fingerprint density at radius 1 is 1.38 bits per heavy atom. The van der Waals surface area contributed by atoms with Gasteiger partial charge in [-0.15, -0.1) is 0 Å². The number of hydrogen-bond acceptors (Lipinski definition) is 4. The number of ether oxygens (including phenoxy) is 1. The first kappa shape index (κ1) is 12.0. The molecule has 4 nitrogen and oxygen atoms in total. The van der Waals surface area contributed by atoms with Gasteiger partial charge in [-0.2, -0.15) is 0 Å². The Hall–Kier alpha value is -0.520. The van der Waals surface area contributed by atoms with E-state index in [0.717, 1.165) is 37.3 Å². The fourth-order valence-corrected chi connectivity index (χ4v) is 2.54. The molecule has 0 radical (unpaired) electrons. The van der Waals surface area contributed by atoms with Gasteiger partial charge in [0.15, 0.2) is 0 Å². The molecule has 2 heterocycles. The number of aliphatic hydroxyl groups is 1. The van der Waals surface area contributed by atoms with Crippen molar-refractivity contribution in [1.29, 1.82) is 0 Å². The second kappa shape index (κ2) is 5.70. The van der Waals surface area contributed by atoms with Gasteiger partial charge in [-0.1, -0.05) is 0 Å². The van der Waals surface area contributed by atoms with E-state index in [1.807, 2.05) is 6.20 Å². The summed E-state index contributed by atoms with van der Waals surface area (Å²) in [6.07, 6.45) is 4.18. The molecule has 5 heteroatoms. The van der Waals surface area contributed by atoms with E-state index in [1.54, 1.807) is 0 Å². The number of allylic oxidation sites excluding steroid dienone is 2. The lowest BCUT2D eigenvalue weighted by atomic mass is 10.2. The maximum absolute atomic E-state index is 8.96. The number of halogens is 1. The zero-order valence-corrected chi connectivity index (χ0v) is 10.8. The molecule has 16 heavy (non-hydrogen) atoms. The minimum atomic E-state index is 0.188. The molecular formula is C11H17BrN2O2. The Kier molecular flexibility index (Phi) is 4.26. The van der Waals surface area contributed by atoms with Crippen molar-refractivity contribution < 1.29 is 9.84 Å². The first-order chi connectivity index (χ1) is 7.79. The second-order valence-electron chi connectivity index (χ2n) is 3.94. The second-order valence-corrected chi connectivity index (χ2v) is 4.86. The molecule has 0 spiro atoms. The van der Waals surface area contributed by atoms with Crippen molar-refractivity contribution in [3.8, 4) is 0 Å². The topological polar surface area (TPSA) is 35.9 Å². The summed E-state index contributed by atoms with van der Waals surface area (Å²) in [4.78, 5) is 4.47. The highest BCUT2D eigenvalue weighted by atomic mass is 79.9. The molecule has 90 valence electrons. The van der Waals surface area contributed by atoms with Crippen LogP contribution in [0.4, 0.5) is 0 Å². The summed E-state index contributed by atoms with van der Waals surface area (Å²) in [5.74, 6) is 0. The SMILES string of the molecule is OCCN1C=C(Br)C=C(N2CCOCC2)C1. The summed E-state index contributed by atoms with van der Waals surface area (Å²) in [5.41, 5.74) is 1.30. The van der Waals surface area contributed by atoms with Crippen LogP contribution in [0.2, 0.25) is 0 Å². The highest BCUT2D eigenvalue weighted by molar-refractivity contribution is 9.11. The third kappa shape index (κ3) is 2.99. The summed E-state index contributed by atoms with van der Waals surface area (Å²) in [7, 11) is 0. The van der Waals surface area contributed by atoms with Gasteiger partial charge in [-0.05, 0) is 22.0 Å². The van der Waals surface area contributed by atoms with Gasteiger partial charge in [0.05, 0.1) is 26.4 Å². The fourth-order valence-electron chi connectivity index (χ4n) is 1.98. The van der Waals surface area contributed by atoms with Gasteiger partial charge in [-0.25, -0.2) is 0 Å². The van der Waals surface area contributed by atoms with E-state index in [-0.39, 0.29) is 6.61 Å². The molecule has 0 amide bonds. The van der Waals surface area contributed by atoms with Crippen LogP contribution in [0, 0.1) is 0 Å². The third-order valence-corrected chi connectivity index (χ3v) is 3.21. The van der Waals surface area contributed by atoms with E-state index in [4.69, 9.17) is 9.84 Å². The standard InChI is InChI=1S/C11H17BrN2O2/c12-10-7-11(9-13(8-10)1-4-15)14-2-5-16-6-3-14/h7-8,15H,1-6,9H2. The zero-order valence-electron chi connectivity index (χ0n) is 9.23. The normalized spacial score (nSPS) is 21.9. The predicted octanol–water partition coefficient (Wildman–Crippen LogP) is 0.747. The number of hydrogen-bond donors (Lipinski definition) is 1. The number of morpholine rings is 1. The number of nitrogens with zero attached hydrogens (tertiary/aromatic N) is 2. The summed E-state index contributed by atoms with van der Waals surface area (Å²) < 4.78 is 6.41. The van der Waals surface area contributed by atoms with Gasteiger partial charge in [0, 0.05) is 36.0 Å². The number of β-amino-alcohol motifs (C(OH)–C–C–N with tert-alkyl or cyclic N) is 1. The van der Waals surface area contributed by atoms with E-state index < -0.39 is 0 Å². The Labute approximate surface area is 104 Å². The zero-order chi connectivity index (χ0) is 11.4. The lowest BCUT2D eigenvalue weighted by Gasteiger charge is -2.35. The Morgan fingerprint density at radius 3 is 2.81 bits per heavy atom. The molecule has 0 aromatic rings. The van der Waals surface area contributed by atoms with Crippen LogP contribution in [-0.2, 0) is 4.74 Å². The van der Waals surface area contributed by atoms with Gasteiger partial charge in [-0.3, -0.25) is 0 Å². The molecule has 1 fully saturated rings. The van der Waals surface area contributed by atoms with Crippen LogP contribution >= 0.6 is 15.9 Å². The number of rotatable bonds is 3. The van der Waals surface area contributed by atoms with Crippen LogP contribution in [0.15, 0.2) is 22.5 Å². The highest BCUT2D eigenvalue weighted by Crippen LogP contribution is 2.21. The average Bonchev–Trinajstić information content (AvgIpc) is 2.30. The van der Waals surface area contributed by atoms with E-state index in [0.29, 0.717) is 6.54 Å². The first-order valence-corrected chi connectivity index (χ1v) is 6.34. The van der Waals surface area contributed by atoms with Crippen molar-refractivity contribution in [2.24, 2.45) is 0 Å². The molecule has 2 aliphatic heterocycles. The van der Waals surface area contributed by atoms with E-state index >= 15 is 0 Å². The minimum absolute atomic E-state index is 0.188. The number of aliphatic hydroxyl groups excluding tert-OH is 1. The summed E-state index contributed by atoms with van der Waals surface area (Å²) in [6.45, 7) is 5.26. The summed E-state index contributed by atoms with van der Waals surface area (Å²) in [5, 5.41) is 8.96. The maximum atomic E-state index is 8.96. The van der Waals surface area contributed by atoms with E-state index in [2.05, 4.69) is 31.8 Å². The quantitative estimate of drug-likeness (QED) is 0.831. The molecule has 0 aromatic heterocycles. The van der Waals surface area contributed by atoms with Crippen molar-refractivity contribution in [3.63, 3.8) is 0 Å². The molecule has 0 saturated carbocycles. The van der Waals surface area contributed by atoms with E-state index in [1.165, 1.54) is 5.70 Å². The van der Waals surface area contributed by atoms with Crippen molar-refractivity contribution in [3.05, 3.63) is 22.5 Å². The molecule has 0 atom stereocenters. The highest BCUT2D eigenvalue weighted by Gasteiger charge is 2.18. The van der Waals surface area contributed by atoms with Gasteiger partial charge >= 0.3 is 0 Å². The van der Waals surface area contributed by atoms with Crippen LogP contribution < -0.4 is 0 Å². The van der Waals surface area contributed by atoms with Gasteiger partial charge in [0.25, 0.3) is 0 Å². The van der Waals surface area contributed by atoms with Crippen LogP contribution in [-0.4, -0.2) is 60.9 Å². The van der Waals surface area contributed by atoms with Gasteiger partial charge in [0.1, 0.15) is 0 Å². The van der Waals surface area contributed by atoms with E-state index in [9.17, 15) is 0 Å². The van der Waals surface area contributed by atoms with Crippen LogP contribution in [0.5, 0.6) is 0 Å². The third-order valence-electron chi connectivity index (χ3n) is 2.78. The van der Waals surface area contributed by atoms with Gasteiger partial charge < -0.3 is 19.6 Å². The van der Waals surface area contributed by atoms with Crippen LogP contribution in [0.1, 0.15) is 0 Å². The smallest absolute Gasteiger partial charge is 0.0642 e. The molecule has 0 aliphatic carbocycles. The fraction of sp³-hybridized carbons (Fsp3) is 0.636. The monoisotopic (exact) mass is 288 g/mol. The first-order valence-electron chi connectivity index (χ1n) is 5.55. The van der Waals surface area contributed by atoms with Gasteiger partial charge in [0.2, 0.25) is 0 Å². The molecule has 1 N–H and O–H groups in total.